The number of hydrogen-bond acceptors (Lipinski definition) is 4. The van der Waals surface area contributed by atoms with Crippen molar-refractivity contribution in [3.63, 3.8) is 0 Å². The van der Waals surface area contributed by atoms with Gasteiger partial charge in [0.2, 0.25) is 0 Å². The molecule has 1 atom stereocenters. The lowest BCUT2D eigenvalue weighted by molar-refractivity contribution is 0.684. The van der Waals surface area contributed by atoms with Crippen LogP contribution in [0.4, 0.5) is 0 Å². The molecule has 4 nitrogen and oxygen atoms in total. The fraction of sp³-hybridized carbons (Fsp3) is 0.100. The summed E-state index contributed by atoms with van der Waals surface area (Å²) in [6.07, 6.45) is 4.85. The van der Waals surface area contributed by atoms with Crippen molar-refractivity contribution in [1.29, 1.82) is 0 Å². The van der Waals surface area contributed by atoms with Crippen LogP contribution in [0, 0.1) is 0 Å². The van der Waals surface area contributed by atoms with Crippen LogP contribution in [-0.4, -0.2) is 25.4 Å². The molecular weight excluding hydrogens is 210 g/mol. The lowest BCUT2D eigenvalue weighted by Gasteiger charge is -1.99. The van der Waals surface area contributed by atoms with Gasteiger partial charge in [0.1, 0.15) is 10.7 Å². The van der Waals surface area contributed by atoms with Crippen LogP contribution in [0.15, 0.2) is 41.7 Å². The summed E-state index contributed by atoms with van der Waals surface area (Å²) < 4.78 is 11.2. The summed E-state index contributed by atoms with van der Waals surface area (Å²) in [5, 5.41) is 0.519. The summed E-state index contributed by atoms with van der Waals surface area (Å²) >= 11 is 0. The molecule has 0 bridgehead atoms. The molecule has 0 fully saturated rings. The van der Waals surface area contributed by atoms with E-state index < -0.39 is 10.8 Å². The van der Waals surface area contributed by atoms with Crippen LogP contribution < -0.4 is 0 Å². The van der Waals surface area contributed by atoms with Crippen molar-refractivity contribution in [2.45, 2.75) is 5.03 Å². The topological polar surface area (TPSA) is 55.7 Å². The van der Waals surface area contributed by atoms with Gasteiger partial charge in [0.15, 0.2) is 5.82 Å². The Balaban J connectivity index is 2.46. The van der Waals surface area contributed by atoms with Crippen molar-refractivity contribution < 1.29 is 4.21 Å². The quantitative estimate of drug-likeness (QED) is 0.714. The molecular formula is C10H9N3OS. The Morgan fingerprint density at radius 3 is 2.67 bits per heavy atom. The molecule has 0 saturated carbocycles. The maximum absolute atomic E-state index is 11.2. The predicted molar refractivity (Wildman–Crippen MR) is 57.6 cm³/mol. The van der Waals surface area contributed by atoms with Gasteiger partial charge in [0.05, 0.1) is 10.8 Å². The Morgan fingerprint density at radius 2 is 2.00 bits per heavy atom. The van der Waals surface area contributed by atoms with E-state index in [2.05, 4.69) is 15.0 Å². The number of nitrogens with zero attached hydrogens (tertiary/aromatic N) is 3. The predicted octanol–water partition coefficient (Wildman–Crippen LogP) is 1.28. The second kappa shape index (κ2) is 4.27. The molecule has 0 radical (unpaired) electrons. The lowest BCUT2D eigenvalue weighted by Crippen LogP contribution is -1.97. The molecule has 2 aromatic rings. The molecule has 2 heterocycles. The molecule has 0 aromatic carbocycles. The highest BCUT2D eigenvalue weighted by Crippen LogP contribution is 2.11. The number of rotatable bonds is 2. The van der Waals surface area contributed by atoms with Gasteiger partial charge in [-0.2, -0.15) is 0 Å². The third-order valence-electron chi connectivity index (χ3n) is 1.82. The average Bonchev–Trinajstić information content (AvgIpc) is 2.30. The zero-order valence-corrected chi connectivity index (χ0v) is 8.94. The van der Waals surface area contributed by atoms with E-state index in [0.29, 0.717) is 16.5 Å². The zero-order valence-electron chi connectivity index (χ0n) is 8.12. The standard InChI is InChI=1S/C10H9N3OS/c1-15(14)9-5-7-12-10(13-9)8-4-2-3-6-11-8/h2-7H,1H3. The fourth-order valence-electron chi connectivity index (χ4n) is 1.12. The second-order valence-electron chi connectivity index (χ2n) is 2.89. The van der Waals surface area contributed by atoms with Gasteiger partial charge in [-0.15, -0.1) is 0 Å². The fourth-order valence-corrected chi connectivity index (χ4v) is 1.59. The molecule has 5 heteroatoms. The Labute approximate surface area is 89.9 Å². The van der Waals surface area contributed by atoms with Gasteiger partial charge < -0.3 is 0 Å². The van der Waals surface area contributed by atoms with Crippen LogP contribution in [0.25, 0.3) is 11.5 Å². The molecule has 0 N–H and O–H groups in total. The first-order chi connectivity index (χ1) is 7.27. The highest BCUT2D eigenvalue weighted by Gasteiger charge is 2.04. The van der Waals surface area contributed by atoms with Gasteiger partial charge in [-0.3, -0.25) is 9.19 Å². The van der Waals surface area contributed by atoms with Gasteiger partial charge in [-0.05, 0) is 18.2 Å². The third-order valence-corrected chi connectivity index (χ3v) is 2.63. The average molecular weight is 219 g/mol. The molecule has 0 aliphatic heterocycles. The normalized spacial score (nSPS) is 12.3. The molecule has 2 aromatic heterocycles. The van der Waals surface area contributed by atoms with E-state index in [1.165, 1.54) is 0 Å². The molecule has 0 saturated heterocycles. The monoisotopic (exact) mass is 219 g/mol. The van der Waals surface area contributed by atoms with Crippen molar-refractivity contribution >= 4 is 10.8 Å². The maximum Gasteiger partial charge on any atom is 0.179 e. The Morgan fingerprint density at radius 1 is 1.13 bits per heavy atom. The SMILES string of the molecule is CS(=O)c1ccnc(-c2ccccn2)n1. The molecule has 15 heavy (non-hydrogen) atoms. The number of aromatic nitrogens is 3. The van der Waals surface area contributed by atoms with Gasteiger partial charge in [-0.1, -0.05) is 6.07 Å². The van der Waals surface area contributed by atoms with Crippen molar-refractivity contribution in [2.75, 3.05) is 6.26 Å². The second-order valence-corrected chi connectivity index (χ2v) is 4.21. The summed E-state index contributed by atoms with van der Waals surface area (Å²) in [5.41, 5.74) is 0.685. The van der Waals surface area contributed by atoms with Crippen LogP contribution in [0.3, 0.4) is 0 Å². The minimum absolute atomic E-state index is 0.503. The van der Waals surface area contributed by atoms with E-state index in [4.69, 9.17) is 0 Å². The lowest BCUT2D eigenvalue weighted by atomic mass is 10.3. The molecule has 0 aliphatic carbocycles. The largest absolute Gasteiger partial charge is 0.253 e. The minimum atomic E-state index is -1.09. The summed E-state index contributed by atoms with van der Waals surface area (Å²) in [4.78, 5) is 12.4. The first-order valence-corrected chi connectivity index (χ1v) is 5.91. The molecule has 0 aliphatic rings. The van der Waals surface area contributed by atoms with E-state index in [1.54, 1.807) is 24.7 Å². The Bertz CT molecular complexity index is 487. The van der Waals surface area contributed by atoms with Crippen molar-refractivity contribution in [2.24, 2.45) is 0 Å². The molecule has 0 amide bonds. The molecule has 2 rings (SSSR count). The smallest absolute Gasteiger partial charge is 0.179 e. The summed E-state index contributed by atoms with van der Waals surface area (Å²) in [6.45, 7) is 0. The highest BCUT2D eigenvalue weighted by atomic mass is 32.2. The highest BCUT2D eigenvalue weighted by molar-refractivity contribution is 7.84. The van der Waals surface area contributed by atoms with Crippen LogP contribution >= 0.6 is 0 Å². The maximum atomic E-state index is 11.2. The third kappa shape index (κ3) is 2.24. The van der Waals surface area contributed by atoms with E-state index in [0.717, 1.165) is 0 Å². The minimum Gasteiger partial charge on any atom is -0.253 e. The van der Waals surface area contributed by atoms with Crippen LogP contribution in [-0.2, 0) is 10.8 Å². The van der Waals surface area contributed by atoms with Crippen molar-refractivity contribution in [1.82, 2.24) is 15.0 Å². The van der Waals surface area contributed by atoms with Crippen LogP contribution in [0.1, 0.15) is 0 Å². The molecule has 0 spiro atoms. The first-order valence-electron chi connectivity index (χ1n) is 4.35. The van der Waals surface area contributed by atoms with Gasteiger partial charge in [0, 0.05) is 18.6 Å². The van der Waals surface area contributed by atoms with E-state index in [1.807, 2.05) is 18.2 Å². The first kappa shape index (κ1) is 9.92. The summed E-state index contributed by atoms with van der Waals surface area (Å²) in [7, 11) is -1.09. The van der Waals surface area contributed by atoms with Crippen LogP contribution in [0.5, 0.6) is 0 Å². The van der Waals surface area contributed by atoms with E-state index >= 15 is 0 Å². The van der Waals surface area contributed by atoms with Gasteiger partial charge in [-0.25, -0.2) is 9.97 Å². The van der Waals surface area contributed by atoms with Crippen LogP contribution in [0.2, 0.25) is 0 Å². The van der Waals surface area contributed by atoms with Gasteiger partial charge in [0.25, 0.3) is 0 Å². The van der Waals surface area contributed by atoms with E-state index in [-0.39, 0.29) is 0 Å². The Hall–Kier alpha value is -1.62. The van der Waals surface area contributed by atoms with Crippen molar-refractivity contribution in [3.8, 4) is 11.5 Å². The zero-order chi connectivity index (χ0) is 10.7. The van der Waals surface area contributed by atoms with E-state index in [9.17, 15) is 4.21 Å². The molecule has 1 unspecified atom stereocenters. The number of pyridine rings is 1. The van der Waals surface area contributed by atoms with Crippen molar-refractivity contribution in [3.05, 3.63) is 36.7 Å². The molecule has 76 valence electrons. The van der Waals surface area contributed by atoms with Gasteiger partial charge >= 0.3 is 0 Å². The summed E-state index contributed by atoms with van der Waals surface area (Å²) in [5.74, 6) is 0.503. The number of hydrogen-bond donors (Lipinski definition) is 0. The summed E-state index contributed by atoms with van der Waals surface area (Å²) in [6, 6.07) is 7.15. The Kier molecular flexibility index (Phi) is 2.82.